The lowest BCUT2D eigenvalue weighted by atomic mass is 10.1. The first-order valence-electron chi connectivity index (χ1n) is 5.33. The van der Waals surface area contributed by atoms with Crippen LogP contribution in [-0.4, -0.2) is 30.1 Å². The average Bonchev–Trinajstić information content (AvgIpc) is 2.83. The minimum absolute atomic E-state index is 0.161. The molecule has 0 aromatic rings. The lowest BCUT2D eigenvalue weighted by Gasteiger charge is -2.26. The maximum Gasteiger partial charge on any atom is 0.317 e. The van der Waals surface area contributed by atoms with Gasteiger partial charge in [-0.3, -0.25) is 0 Å². The summed E-state index contributed by atoms with van der Waals surface area (Å²) < 4.78 is 0. The monoisotopic (exact) mass is 182 g/mol. The van der Waals surface area contributed by atoms with Crippen molar-refractivity contribution in [3.8, 4) is 0 Å². The second-order valence-corrected chi connectivity index (χ2v) is 4.32. The van der Waals surface area contributed by atoms with Gasteiger partial charge in [0.1, 0.15) is 0 Å². The zero-order valence-corrected chi connectivity index (χ0v) is 8.25. The maximum atomic E-state index is 11.6. The number of carbonyl (C=O) groups excluding carboxylic acids is 1. The summed E-state index contributed by atoms with van der Waals surface area (Å²) in [5, 5.41) is 3.06. The second kappa shape index (κ2) is 3.56. The molecule has 2 amide bonds. The van der Waals surface area contributed by atoms with Crippen LogP contribution in [0, 0.1) is 5.92 Å². The summed E-state index contributed by atoms with van der Waals surface area (Å²) in [5.74, 6) is 0.703. The van der Waals surface area contributed by atoms with Gasteiger partial charge in [0.2, 0.25) is 0 Å². The first-order chi connectivity index (χ1) is 6.27. The van der Waals surface area contributed by atoms with Crippen molar-refractivity contribution in [1.82, 2.24) is 10.2 Å². The van der Waals surface area contributed by atoms with Gasteiger partial charge in [0.05, 0.1) is 0 Å². The highest BCUT2D eigenvalue weighted by Crippen LogP contribution is 2.29. The Hall–Kier alpha value is -0.730. The van der Waals surface area contributed by atoms with E-state index >= 15 is 0 Å². The van der Waals surface area contributed by atoms with Crippen molar-refractivity contribution in [1.29, 1.82) is 0 Å². The van der Waals surface area contributed by atoms with Crippen molar-refractivity contribution in [2.45, 2.75) is 38.6 Å². The normalized spacial score (nSPS) is 32.8. The number of urea groups is 1. The van der Waals surface area contributed by atoms with Gasteiger partial charge in [0.25, 0.3) is 0 Å². The minimum Gasteiger partial charge on any atom is -0.335 e. The summed E-state index contributed by atoms with van der Waals surface area (Å²) in [6.45, 7) is 4.08. The number of likely N-dealkylation sites (tertiary alicyclic amines) is 1. The second-order valence-electron chi connectivity index (χ2n) is 4.32. The van der Waals surface area contributed by atoms with Gasteiger partial charge < -0.3 is 10.2 Å². The SMILES string of the molecule is CC1CC1NC(=O)N1CCCCC1. The Morgan fingerprint density at radius 3 is 2.46 bits per heavy atom. The van der Waals surface area contributed by atoms with Gasteiger partial charge in [0.15, 0.2) is 0 Å². The predicted octanol–water partition coefficient (Wildman–Crippen LogP) is 1.59. The molecule has 1 saturated carbocycles. The molecule has 2 fully saturated rings. The van der Waals surface area contributed by atoms with E-state index in [0.29, 0.717) is 12.0 Å². The number of hydrogen-bond donors (Lipinski definition) is 1. The smallest absolute Gasteiger partial charge is 0.317 e. The number of hydrogen-bond acceptors (Lipinski definition) is 1. The number of piperidine rings is 1. The van der Waals surface area contributed by atoms with Crippen LogP contribution in [0.4, 0.5) is 4.79 Å². The molecular weight excluding hydrogens is 164 g/mol. The highest BCUT2D eigenvalue weighted by molar-refractivity contribution is 5.75. The Labute approximate surface area is 79.5 Å². The summed E-state index contributed by atoms with van der Waals surface area (Å²) in [6.07, 6.45) is 4.80. The zero-order valence-electron chi connectivity index (χ0n) is 8.25. The van der Waals surface area contributed by atoms with Gasteiger partial charge >= 0.3 is 6.03 Å². The molecular formula is C10H18N2O. The molecule has 1 aliphatic heterocycles. The number of amides is 2. The molecule has 0 aromatic heterocycles. The van der Waals surface area contributed by atoms with Crippen LogP contribution in [0.5, 0.6) is 0 Å². The average molecular weight is 182 g/mol. The van der Waals surface area contributed by atoms with Crippen LogP contribution in [-0.2, 0) is 0 Å². The molecule has 3 nitrogen and oxygen atoms in total. The molecule has 2 rings (SSSR count). The van der Waals surface area contributed by atoms with Crippen LogP contribution in [0.15, 0.2) is 0 Å². The van der Waals surface area contributed by atoms with E-state index in [-0.39, 0.29) is 6.03 Å². The van der Waals surface area contributed by atoms with E-state index in [1.54, 1.807) is 0 Å². The molecule has 74 valence electrons. The van der Waals surface area contributed by atoms with Gasteiger partial charge in [-0.05, 0) is 31.6 Å². The van der Waals surface area contributed by atoms with Crippen molar-refractivity contribution in [2.24, 2.45) is 5.92 Å². The van der Waals surface area contributed by atoms with E-state index in [1.807, 2.05) is 4.90 Å². The van der Waals surface area contributed by atoms with Crippen LogP contribution in [0.1, 0.15) is 32.6 Å². The Morgan fingerprint density at radius 1 is 1.31 bits per heavy atom. The van der Waals surface area contributed by atoms with Crippen LogP contribution >= 0.6 is 0 Å². The summed E-state index contributed by atoms with van der Waals surface area (Å²) in [4.78, 5) is 13.6. The lowest BCUT2D eigenvalue weighted by molar-refractivity contribution is 0.185. The molecule has 13 heavy (non-hydrogen) atoms. The fourth-order valence-corrected chi connectivity index (χ4v) is 1.87. The first-order valence-corrected chi connectivity index (χ1v) is 5.33. The maximum absolute atomic E-state index is 11.6. The van der Waals surface area contributed by atoms with Crippen molar-refractivity contribution in [2.75, 3.05) is 13.1 Å². The highest BCUT2D eigenvalue weighted by Gasteiger charge is 2.34. The standard InChI is InChI=1S/C10H18N2O/c1-8-7-9(8)11-10(13)12-5-3-2-4-6-12/h8-9H,2-7H2,1H3,(H,11,13). The van der Waals surface area contributed by atoms with Gasteiger partial charge in [0, 0.05) is 19.1 Å². The molecule has 2 aliphatic rings. The summed E-state index contributed by atoms with van der Waals surface area (Å²) in [6, 6.07) is 0.628. The number of rotatable bonds is 1. The van der Waals surface area contributed by atoms with Gasteiger partial charge in [-0.1, -0.05) is 6.92 Å². The predicted molar refractivity (Wildman–Crippen MR) is 51.5 cm³/mol. The highest BCUT2D eigenvalue weighted by atomic mass is 16.2. The van der Waals surface area contributed by atoms with Crippen molar-refractivity contribution < 1.29 is 4.79 Å². The largest absolute Gasteiger partial charge is 0.335 e. The molecule has 1 aliphatic carbocycles. The summed E-state index contributed by atoms with van der Waals surface area (Å²) in [5.41, 5.74) is 0. The molecule has 1 N–H and O–H groups in total. The fourth-order valence-electron chi connectivity index (χ4n) is 1.87. The molecule has 2 atom stereocenters. The van der Waals surface area contributed by atoms with E-state index < -0.39 is 0 Å². The van der Waals surface area contributed by atoms with E-state index in [1.165, 1.54) is 25.7 Å². The van der Waals surface area contributed by atoms with Crippen molar-refractivity contribution >= 4 is 6.03 Å². The van der Waals surface area contributed by atoms with E-state index in [4.69, 9.17) is 0 Å². The van der Waals surface area contributed by atoms with E-state index in [9.17, 15) is 4.79 Å². The molecule has 0 bridgehead atoms. The minimum atomic E-state index is 0.161. The number of carbonyl (C=O) groups is 1. The summed E-state index contributed by atoms with van der Waals surface area (Å²) >= 11 is 0. The van der Waals surface area contributed by atoms with Crippen molar-refractivity contribution in [3.63, 3.8) is 0 Å². The number of nitrogens with one attached hydrogen (secondary N) is 1. The fraction of sp³-hybridized carbons (Fsp3) is 0.900. The zero-order chi connectivity index (χ0) is 9.26. The van der Waals surface area contributed by atoms with Crippen molar-refractivity contribution in [3.05, 3.63) is 0 Å². The van der Waals surface area contributed by atoms with Gasteiger partial charge in [-0.2, -0.15) is 0 Å². The number of nitrogens with zero attached hydrogens (tertiary/aromatic N) is 1. The Kier molecular flexibility index (Phi) is 2.42. The summed E-state index contributed by atoms with van der Waals surface area (Å²) in [7, 11) is 0. The molecule has 1 saturated heterocycles. The van der Waals surface area contributed by atoms with Gasteiger partial charge in [-0.15, -0.1) is 0 Å². The van der Waals surface area contributed by atoms with Crippen LogP contribution in [0.2, 0.25) is 0 Å². The third kappa shape index (κ3) is 2.14. The Morgan fingerprint density at radius 2 is 1.92 bits per heavy atom. The lowest BCUT2D eigenvalue weighted by Crippen LogP contribution is -2.43. The van der Waals surface area contributed by atoms with E-state index in [0.717, 1.165) is 13.1 Å². The first kappa shape index (κ1) is 8.85. The molecule has 0 spiro atoms. The van der Waals surface area contributed by atoms with Crippen LogP contribution < -0.4 is 5.32 Å². The Balaban J connectivity index is 1.75. The van der Waals surface area contributed by atoms with Crippen LogP contribution in [0.3, 0.4) is 0 Å². The third-order valence-electron chi connectivity index (χ3n) is 3.06. The molecule has 3 heteroatoms. The molecule has 2 unspecified atom stereocenters. The molecule has 0 radical (unpaired) electrons. The molecule has 0 aromatic carbocycles. The third-order valence-corrected chi connectivity index (χ3v) is 3.06. The van der Waals surface area contributed by atoms with Gasteiger partial charge in [-0.25, -0.2) is 4.79 Å². The topological polar surface area (TPSA) is 32.3 Å². The molecule has 1 heterocycles. The van der Waals surface area contributed by atoms with Crippen LogP contribution in [0.25, 0.3) is 0 Å². The Bertz CT molecular complexity index is 199. The van der Waals surface area contributed by atoms with E-state index in [2.05, 4.69) is 12.2 Å². The quantitative estimate of drug-likeness (QED) is 0.656.